The average Bonchev–Trinajstić information content (AvgIpc) is 3.56. The minimum absolute atomic E-state index is 0.00495. The van der Waals surface area contributed by atoms with E-state index in [1.165, 1.54) is 12.4 Å². The Balaban J connectivity index is 1.36. The van der Waals surface area contributed by atoms with Gasteiger partial charge >= 0.3 is 0 Å². The van der Waals surface area contributed by atoms with Crippen LogP contribution in [0.5, 0.6) is 0 Å². The molecule has 0 aliphatic carbocycles. The number of nitrogens with one attached hydrogen (secondary N) is 2. The third kappa shape index (κ3) is 4.42. The van der Waals surface area contributed by atoms with E-state index in [1.807, 2.05) is 40.1 Å². The summed E-state index contributed by atoms with van der Waals surface area (Å²) in [6.45, 7) is 5.93. The zero-order valence-corrected chi connectivity index (χ0v) is 19.8. The van der Waals surface area contributed by atoms with Crippen molar-refractivity contribution in [3.8, 4) is 22.5 Å². The number of rotatable bonds is 5. The topological polar surface area (TPSA) is 115 Å². The molecule has 1 aromatic carbocycles. The second kappa shape index (κ2) is 8.46. The van der Waals surface area contributed by atoms with Crippen LogP contribution in [0.25, 0.3) is 33.5 Å². The van der Waals surface area contributed by atoms with Gasteiger partial charge in [-0.1, -0.05) is 38.1 Å². The van der Waals surface area contributed by atoms with Crippen LogP contribution in [0.3, 0.4) is 0 Å². The minimum Gasteiger partial charge on any atom is -0.351 e. The number of carbonyl (C=O) groups is 1. The van der Waals surface area contributed by atoms with Gasteiger partial charge in [0.05, 0.1) is 23.3 Å². The summed E-state index contributed by atoms with van der Waals surface area (Å²) in [5.41, 5.74) is 4.38. The molecule has 0 saturated heterocycles. The van der Waals surface area contributed by atoms with Crippen LogP contribution < -0.4 is 5.32 Å². The molecule has 10 heteroatoms. The maximum Gasteiger partial charge on any atom is 0.290 e. The Bertz CT molecular complexity index is 1540. The predicted molar refractivity (Wildman–Crippen MR) is 128 cm³/mol. The SMILES string of the molecule is Cn1cc(-c2cc3c(-c4ccc(CNC(=O)c5cc(C(C)(C)C)no5)c(F)c4)ncnc3[nH]2)cn1. The Kier molecular flexibility index (Phi) is 5.43. The number of H-pyrrole nitrogens is 1. The Labute approximate surface area is 200 Å². The molecular formula is C25H24FN7O2. The maximum atomic E-state index is 15.0. The molecule has 0 unspecified atom stereocenters. The molecule has 2 N–H and O–H groups in total. The van der Waals surface area contributed by atoms with Crippen molar-refractivity contribution in [3.63, 3.8) is 0 Å². The molecule has 4 aromatic heterocycles. The van der Waals surface area contributed by atoms with E-state index in [0.29, 0.717) is 28.2 Å². The number of hydrogen-bond acceptors (Lipinski definition) is 6. The van der Waals surface area contributed by atoms with Crippen molar-refractivity contribution >= 4 is 16.9 Å². The van der Waals surface area contributed by atoms with Gasteiger partial charge in [-0.15, -0.1) is 0 Å². The molecule has 0 aliphatic rings. The van der Waals surface area contributed by atoms with Crippen LogP contribution in [0, 0.1) is 5.82 Å². The molecule has 9 nitrogen and oxygen atoms in total. The first-order valence-corrected chi connectivity index (χ1v) is 11.1. The van der Waals surface area contributed by atoms with E-state index in [-0.39, 0.29) is 17.7 Å². The summed E-state index contributed by atoms with van der Waals surface area (Å²) in [5.74, 6) is -0.818. The summed E-state index contributed by atoms with van der Waals surface area (Å²) in [5, 5.41) is 11.6. The number of benzene rings is 1. The molecule has 35 heavy (non-hydrogen) atoms. The number of aryl methyl sites for hydroxylation is 1. The number of nitrogens with zero attached hydrogens (tertiary/aromatic N) is 5. The molecule has 0 spiro atoms. The fourth-order valence-corrected chi connectivity index (χ4v) is 3.72. The van der Waals surface area contributed by atoms with Crippen molar-refractivity contribution in [3.05, 3.63) is 71.9 Å². The first-order chi connectivity index (χ1) is 16.7. The number of fused-ring (bicyclic) bond motifs is 1. The standard InChI is InChI=1S/C25H24FN7O2/c1-25(2,3)21-9-20(35-32-21)24(34)27-10-15-6-5-14(7-18(15)26)22-17-8-19(16-11-30-33(4)12-16)31-23(17)29-13-28-22/h5-9,11-13H,10H2,1-4H3,(H,27,34)(H,28,29,31). The Hall–Kier alpha value is -4.34. The Morgan fingerprint density at radius 1 is 1.17 bits per heavy atom. The number of aromatic amines is 1. The molecule has 178 valence electrons. The monoisotopic (exact) mass is 473 g/mol. The molecule has 0 aliphatic heterocycles. The van der Waals surface area contributed by atoms with Crippen LogP contribution >= 0.6 is 0 Å². The lowest BCUT2D eigenvalue weighted by atomic mass is 9.92. The molecule has 0 bridgehead atoms. The van der Waals surface area contributed by atoms with E-state index in [2.05, 4.69) is 30.5 Å². The van der Waals surface area contributed by atoms with Gasteiger partial charge in [0.2, 0.25) is 5.76 Å². The second-order valence-corrected chi connectivity index (χ2v) is 9.39. The highest BCUT2D eigenvalue weighted by Gasteiger charge is 2.22. The minimum atomic E-state index is -0.454. The summed E-state index contributed by atoms with van der Waals surface area (Å²) in [6, 6.07) is 8.35. The quantitative estimate of drug-likeness (QED) is 0.392. The normalized spacial score (nSPS) is 11.8. The Morgan fingerprint density at radius 3 is 2.69 bits per heavy atom. The molecule has 0 fully saturated rings. The summed E-state index contributed by atoms with van der Waals surface area (Å²) in [6.07, 6.45) is 5.09. The van der Waals surface area contributed by atoms with Gasteiger partial charge in [-0.25, -0.2) is 14.4 Å². The number of hydrogen-bond donors (Lipinski definition) is 2. The highest BCUT2D eigenvalue weighted by atomic mass is 19.1. The average molecular weight is 474 g/mol. The lowest BCUT2D eigenvalue weighted by Crippen LogP contribution is -2.23. The molecular weight excluding hydrogens is 449 g/mol. The van der Waals surface area contributed by atoms with E-state index in [0.717, 1.165) is 16.6 Å². The summed E-state index contributed by atoms with van der Waals surface area (Å²) < 4.78 is 21.8. The van der Waals surface area contributed by atoms with E-state index in [1.54, 1.807) is 29.1 Å². The fourth-order valence-electron chi connectivity index (χ4n) is 3.72. The summed E-state index contributed by atoms with van der Waals surface area (Å²) in [4.78, 5) is 24.4. The highest BCUT2D eigenvalue weighted by Crippen LogP contribution is 2.30. The lowest BCUT2D eigenvalue weighted by Gasteiger charge is -2.12. The Morgan fingerprint density at radius 2 is 2.00 bits per heavy atom. The van der Waals surface area contributed by atoms with Crippen LogP contribution in [0.15, 0.2) is 53.6 Å². The van der Waals surface area contributed by atoms with E-state index in [9.17, 15) is 9.18 Å². The third-order valence-corrected chi connectivity index (χ3v) is 5.71. The summed E-state index contributed by atoms with van der Waals surface area (Å²) >= 11 is 0. The van der Waals surface area contributed by atoms with E-state index in [4.69, 9.17) is 4.52 Å². The van der Waals surface area contributed by atoms with Crippen molar-refractivity contribution < 1.29 is 13.7 Å². The lowest BCUT2D eigenvalue weighted by molar-refractivity contribution is 0.0913. The molecule has 0 atom stereocenters. The number of halogens is 1. The van der Waals surface area contributed by atoms with Crippen LogP contribution in [-0.2, 0) is 19.0 Å². The van der Waals surface area contributed by atoms with Gasteiger partial charge in [0.25, 0.3) is 5.91 Å². The maximum absolute atomic E-state index is 15.0. The van der Waals surface area contributed by atoms with Gasteiger partial charge in [0, 0.05) is 53.3 Å². The zero-order valence-electron chi connectivity index (χ0n) is 19.8. The molecule has 1 amide bonds. The number of carbonyl (C=O) groups excluding carboxylic acids is 1. The van der Waals surface area contributed by atoms with Gasteiger partial charge in [0.1, 0.15) is 17.8 Å². The van der Waals surface area contributed by atoms with Gasteiger partial charge in [-0.3, -0.25) is 9.48 Å². The number of amides is 1. The van der Waals surface area contributed by atoms with Gasteiger partial charge in [-0.2, -0.15) is 5.10 Å². The van der Waals surface area contributed by atoms with Crippen molar-refractivity contribution in [1.29, 1.82) is 0 Å². The molecule has 5 rings (SSSR count). The van der Waals surface area contributed by atoms with Crippen LogP contribution in [-0.4, -0.2) is 35.8 Å². The van der Waals surface area contributed by atoms with Crippen LogP contribution in [0.2, 0.25) is 0 Å². The van der Waals surface area contributed by atoms with Crippen molar-refractivity contribution in [2.45, 2.75) is 32.7 Å². The largest absolute Gasteiger partial charge is 0.351 e. The van der Waals surface area contributed by atoms with Crippen molar-refractivity contribution in [2.24, 2.45) is 7.05 Å². The van der Waals surface area contributed by atoms with E-state index >= 15 is 0 Å². The molecule has 5 aromatic rings. The fraction of sp³-hybridized carbons (Fsp3) is 0.240. The third-order valence-electron chi connectivity index (χ3n) is 5.71. The summed E-state index contributed by atoms with van der Waals surface area (Å²) in [7, 11) is 1.85. The molecule has 0 saturated carbocycles. The molecule has 4 heterocycles. The number of aromatic nitrogens is 6. The van der Waals surface area contributed by atoms with E-state index < -0.39 is 11.7 Å². The second-order valence-electron chi connectivity index (χ2n) is 9.39. The van der Waals surface area contributed by atoms with Crippen LogP contribution in [0.4, 0.5) is 4.39 Å². The van der Waals surface area contributed by atoms with Crippen molar-refractivity contribution in [1.82, 2.24) is 35.2 Å². The van der Waals surface area contributed by atoms with Gasteiger partial charge in [-0.05, 0) is 12.1 Å². The van der Waals surface area contributed by atoms with Gasteiger partial charge in [0.15, 0.2) is 0 Å². The zero-order chi connectivity index (χ0) is 24.7. The first kappa shape index (κ1) is 22.5. The van der Waals surface area contributed by atoms with Gasteiger partial charge < -0.3 is 14.8 Å². The predicted octanol–water partition coefficient (Wildman–Crippen LogP) is 4.38. The van der Waals surface area contributed by atoms with Crippen LogP contribution in [0.1, 0.15) is 42.6 Å². The smallest absolute Gasteiger partial charge is 0.290 e. The molecule has 0 radical (unpaired) electrons. The van der Waals surface area contributed by atoms with Crippen molar-refractivity contribution in [2.75, 3.05) is 0 Å². The highest BCUT2D eigenvalue weighted by molar-refractivity contribution is 5.94. The first-order valence-electron chi connectivity index (χ1n) is 11.1.